The molecule has 1 unspecified atom stereocenters. The van der Waals surface area contributed by atoms with Crippen LogP contribution in [0.5, 0.6) is 0 Å². The van der Waals surface area contributed by atoms with Crippen LogP contribution in [-0.2, 0) is 0 Å². The van der Waals surface area contributed by atoms with Gasteiger partial charge < -0.3 is 15.3 Å². The van der Waals surface area contributed by atoms with Gasteiger partial charge in [0.1, 0.15) is 0 Å². The summed E-state index contributed by atoms with van der Waals surface area (Å²) in [6, 6.07) is 0.420. The highest BCUT2D eigenvalue weighted by molar-refractivity contribution is 4.85. The maximum atomic E-state index is 9.51. The van der Waals surface area contributed by atoms with E-state index in [0.717, 1.165) is 18.9 Å². The lowest BCUT2D eigenvalue weighted by Gasteiger charge is -2.35. The quantitative estimate of drug-likeness (QED) is 0.682. The van der Waals surface area contributed by atoms with Crippen LogP contribution in [0.1, 0.15) is 46.5 Å². The number of nitrogens with one attached hydrogen (secondary N) is 1. The van der Waals surface area contributed by atoms with Crippen molar-refractivity contribution >= 4 is 0 Å². The molecule has 0 bridgehead atoms. The molecule has 0 aromatic carbocycles. The third kappa shape index (κ3) is 5.36. The standard InChI is InChI=1S/C14H30N2O/c1-12(2)15-14(3,11-17)8-9-16(4)10-13-6-5-7-13/h12-13,15,17H,5-11H2,1-4H3. The topological polar surface area (TPSA) is 35.5 Å². The minimum Gasteiger partial charge on any atom is -0.394 e. The Morgan fingerprint density at radius 2 is 2.06 bits per heavy atom. The van der Waals surface area contributed by atoms with E-state index >= 15 is 0 Å². The first-order valence-electron chi connectivity index (χ1n) is 7.02. The monoisotopic (exact) mass is 242 g/mol. The molecule has 0 saturated heterocycles. The van der Waals surface area contributed by atoms with Crippen molar-refractivity contribution in [1.29, 1.82) is 0 Å². The number of aliphatic hydroxyl groups is 1. The summed E-state index contributed by atoms with van der Waals surface area (Å²) in [5, 5.41) is 13.0. The molecule has 102 valence electrons. The van der Waals surface area contributed by atoms with Gasteiger partial charge in [-0.05, 0) is 45.7 Å². The largest absolute Gasteiger partial charge is 0.394 e. The Bertz CT molecular complexity index is 216. The lowest BCUT2D eigenvalue weighted by Crippen LogP contribution is -2.50. The second-order valence-corrected chi connectivity index (χ2v) is 6.33. The fourth-order valence-corrected chi connectivity index (χ4v) is 2.54. The number of rotatable bonds is 8. The number of hydrogen-bond acceptors (Lipinski definition) is 3. The van der Waals surface area contributed by atoms with E-state index in [-0.39, 0.29) is 12.1 Å². The fraction of sp³-hybridized carbons (Fsp3) is 1.00. The SMILES string of the molecule is CC(C)NC(C)(CO)CCN(C)CC1CCC1. The lowest BCUT2D eigenvalue weighted by atomic mass is 9.85. The van der Waals surface area contributed by atoms with Crippen LogP contribution in [0.3, 0.4) is 0 Å². The zero-order chi connectivity index (χ0) is 12.9. The second kappa shape index (κ2) is 6.72. The molecule has 1 aliphatic carbocycles. The smallest absolute Gasteiger partial charge is 0.0611 e. The average molecular weight is 242 g/mol. The lowest BCUT2D eigenvalue weighted by molar-refractivity contribution is 0.133. The van der Waals surface area contributed by atoms with Gasteiger partial charge in [-0.2, -0.15) is 0 Å². The van der Waals surface area contributed by atoms with Crippen LogP contribution in [0.15, 0.2) is 0 Å². The van der Waals surface area contributed by atoms with E-state index in [2.05, 4.69) is 38.0 Å². The Morgan fingerprint density at radius 1 is 1.41 bits per heavy atom. The second-order valence-electron chi connectivity index (χ2n) is 6.33. The fourth-order valence-electron chi connectivity index (χ4n) is 2.54. The van der Waals surface area contributed by atoms with Crippen LogP contribution >= 0.6 is 0 Å². The van der Waals surface area contributed by atoms with Gasteiger partial charge in [-0.25, -0.2) is 0 Å². The van der Waals surface area contributed by atoms with Gasteiger partial charge in [-0.3, -0.25) is 0 Å². The van der Waals surface area contributed by atoms with E-state index in [1.165, 1.54) is 25.8 Å². The van der Waals surface area contributed by atoms with E-state index in [1.54, 1.807) is 0 Å². The summed E-state index contributed by atoms with van der Waals surface area (Å²) in [4.78, 5) is 2.42. The molecule has 17 heavy (non-hydrogen) atoms. The Hall–Kier alpha value is -0.120. The molecule has 1 saturated carbocycles. The molecule has 0 heterocycles. The molecule has 0 aromatic heterocycles. The predicted octanol–water partition coefficient (Wildman–Crippen LogP) is 1.86. The summed E-state index contributed by atoms with van der Waals surface area (Å²) >= 11 is 0. The highest BCUT2D eigenvalue weighted by Gasteiger charge is 2.25. The zero-order valence-electron chi connectivity index (χ0n) is 12.0. The Balaban J connectivity index is 2.25. The minimum atomic E-state index is -0.137. The number of hydrogen-bond donors (Lipinski definition) is 2. The molecule has 1 atom stereocenters. The van der Waals surface area contributed by atoms with Gasteiger partial charge in [0, 0.05) is 18.1 Å². The van der Waals surface area contributed by atoms with Crippen molar-refractivity contribution in [3.63, 3.8) is 0 Å². The Labute approximate surface area is 107 Å². The summed E-state index contributed by atoms with van der Waals surface area (Å²) in [6.07, 6.45) is 5.24. The van der Waals surface area contributed by atoms with Gasteiger partial charge in [-0.15, -0.1) is 0 Å². The number of aliphatic hydroxyl groups excluding tert-OH is 1. The molecule has 0 radical (unpaired) electrons. The van der Waals surface area contributed by atoms with Crippen molar-refractivity contribution < 1.29 is 5.11 Å². The van der Waals surface area contributed by atoms with Crippen LogP contribution in [0.4, 0.5) is 0 Å². The summed E-state index contributed by atoms with van der Waals surface area (Å²) in [6.45, 7) is 8.88. The first-order valence-corrected chi connectivity index (χ1v) is 7.02. The first-order chi connectivity index (χ1) is 7.95. The Kier molecular flexibility index (Phi) is 5.90. The summed E-state index contributed by atoms with van der Waals surface area (Å²) in [5.41, 5.74) is -0.137. The molecule has 0 amide bonds. The first kappa shape index (κ1) is 14.9. The number of nitrogens with zero attached hydrogens (tertiary/aromatic N) is 1. The van der Waals surface area contributed by atoms with Crippen LogP contribution in [-0.4, -0.2) is 48.3 Å². The van der Waals surface area contributed by atoms with Crippen molar-refractivity contribution in [2.45, 2.75) is 58.0 Å². The summed E-state index contributed by atoms with van der Waals surface area (Å²) < 4.78 is 0. The summed E-state index contributed by atoms with van der Waals surface area (Å²) in [5.74, 6) is 0.929. The van der Waals surface area contributed by atoms with Gasteiger partial charge in [-0.1, -0.05) is 20.3 Å². The molecule has 0 aromatic rings. The van der Waals surface area contributed by atoms with Crippen LogP contribution in [0.2, 0.25) is 0 Å². The predicted molar refractivity (Wildman–Crippen MR) is 73.2 cm³/mol. The van der Waals surface area contributed by atoms with Gasteiger partial charge in [0.25, 0.3) is 0 Å². The van der Waals surface area contributed by atoms with Gasteiger partial charge in [0.2, 0.25) is 0 Å². The maximum absolute atomic E-state index is 9.51. The molecule has 1 rings (SSSR count). The van der Waals surface area contributed by atoms with Crippen molar-refractivity contribution in [3.8, 4) is 0 Å². The third-order valence-electron chi connectivity index (χ3n) is 3.83. The highest BCUT2D eigenvalue weighted by Crippen LogP contribution is 2.26. The van der Waals surface area contributed by atoms with Gasteiger partial charge in [0.15, 0.2) is 0 Å². The van der Waals surface area contributed by atoms with Crippen molar-refractivity contribution in [1.82, 2.24) is 10.2 Å². The van der Waals surface area contributed by atoms with Crippen molar-refractivity contribution in [2.75, 3.05) is 26.7 Å². The molecule has 3 nitrogen and oxygen atoms in total. The van der Waals surface area contributed by atoms with Crippen molar-refractivity contribution in [3.05, 3.63) is 0 Å². The third-order valence-corrected chi connectivity index (χ3v) is 3.83. The van der Waals surface area contributed by atoms with Crippen LogP contribution < -0.4 is 5.32 Å². The van der Waals surface area contributed by atoms with Gasteiger partial charge >= 0.3 is 0 Å². The molecule has 2 N–H and O–H groups in total. The summed E-state index contributed by atoms with van der Waals surface area (Å²) in [7, 11) is 2.20. The normalized spacial score (nSPS) is 20.6. The molecule has 0 aliphatic heterocycles. The highest BCUT2D eigenvalue weighted by atomic mass is 16.3. The van der Waals surface area contributed by atoms with E-state index in [0.29, 0.717) is 6.04 Å². The molecule has 1 aliphatic rings. The molecule has 1 fully saturated rings. The van der Waals surface area contributed by atoms with Gasteiger partial charge in [0.05, 0.1) is 6.61 Å². The molecular weight excluding hydrogens is 212 g/mol. The minimum absolute atomic E-state index is 0.137. The van der Waals surface area contributed by atoms with Crippen LogP contribution in [0, 0.1) is 5.92 Å². The van der Waals surface area contributed by atoms with E-state index in [4.69, 9.17) is 0 Å². The Morgan fingerprint density at radius 3 is 2.47 bits per heavy atom. The molecular formula is C14H30N2O. The van der Waals surface area contributed by atoms with Crippen LogP contribution in [0.25, 0.3) is 0 Å². The average Bonchev–Trinajstić information content (AvgIpc) is 2.20. The molecule has 0 spiro atoms. The maximum Gasteiger partial charge on any atom is 0.0611 e. The molecule has 3 heteroatoms. The zero-order valence-corrected chi connectivity index (χ0v) is 12.0. The van der Waals surface area contributed by atoms with E-state index in [9.17, 15) is 5.11 Å². The van der Waals surface area contributed by atoms with Crippen molar-refractivity contribution in [2.24, 2.45) is 5.92 Å². The van der Waals surface area contributed by atoms with E-state index in [1.807, 2.05) is 0 Å². The van der Waals surface area contributed by atoms with E-state index < -0.39 is 0 Å².